The molecule has 1 fully saturated rings. The minimum Gasteiger partial charge on any atom is -0.465 e. The van der Waals surface area contributed by atoms with E-state index in [1.807, 2.05) is 72.8 Å². The summed E-state index contributed by atoms with van der Waals surface area (Å²) >= 11 is 0. The van der Waals surface area contributed by atoms with E-state index in [1.165, 1.54) is 7.11 Å². The van der Waals surface area contributed by atoms with Crippen LogP contribution in [0.5, 0.6) is 0 Å². The Morgan fingerprint density at radius 2 is 1.23 bits per heavy atom. The minimum atomic E-state index is -0.412. The van der Waals surface area contributed by atoms with Gasteiger partial charge < -0.3 is 4.74 Å². The fourth-order valence-corrected chi connectivity index (χ4v) is 4.60. The molecule has 0 amide bonds. The monoisotopic (exact) mass is 412 g/mol. The van der Waals surface area contributed by atoms with Crippen LogP contribution in [-0.4, -0.2) is 24.6 Å². The number of esters is 1. The van der Waals surface area contributed by atoms with Crippen LogP contribution < -0.4 is 0 Å². The highest BCUT2D eigenvalue weighted by molar-refractivity contribution is 6.00. The lowest BCUT2D eigenvalue weighted by Crippen LogP contribution is -2.36. The van der Waals surface area contributed by atoms with Crippen LogP contribution in [0.2, 0.25) is 0 Å². The molecule has 3 aromatic rings. The number of ketones is 2. The summed E-state index contributed by atoms with van der Waals surface area (Å²) in [6, 6.07) is 26.1. The van der Waals surface area contributed by atoms with Gasteiger partial charge >= 0.3 is 5.97 Å². The Bertz CT molecular complexity index is 1070. The Balaban J connectivity index is 1.78. The highest BCUT2D eigenvalue weighted by Crippen LogP contribution is 2.46. The quantitative estimate of drug-likeness (QED) is 0.427. The molecule has 156 valence electrons. The Morgan fingerprint density at radius 3 is 1.77 bits per heavy atom. The van der Waals surface area contributed by atoms with Crippen LogP contribution >= 0.6 is 0 Å². The molecular weight excluding hydrogens is 388 g/mol. The highest BCUT2D eigenvalue weighted by Gasteiger charge is 2.43. The fourth-order valence-electron chi connectivity index (χ4n) is 4.60. The fraction of sp³-hybridized carbons (Fsp3) is 0.222. The third-order valence-electron chi connectivity index (χ3n) is 6.11. The lowest BCUT2D eigenvalue weighted by atomic mass is 9.64. The van der Waals surface area contributed by atoms with E-state index in [2.05, 4.69) is 0 Å². The molecule has 0 radical (unpaired) electrons. The Hall–Kier alpha value is -3.53. The van der Waals surface area contributed by atoms with Crippen molar-refractivity contribution in [3.05, 3.63) is 107 Å². The van der Waals surface area contributed by atoms with Crippen LogP contribution in [0, 0.1) is 5.92 Å². The van der Waals surface area contributed by atoms with Crippen molar-refractivity contribution in [2.75, 3.05) is 7.11 Å². The van der Waals surface area contributed by atoms with Crippen molar-refractivity contribution >= 4 is 17.5 Å². The topological polar surface area (TPSA) is 60.4 Å². The zero-order valence-corrected chi connectivity index (χ0v) is 17.4. The number of benzene rings is 3. The van der Waals surface area contributed by atoms with Crippen LogP contribution in [0.3, 0.4) is 0 Å². The van der Waals surface area contributed by atoms with E-state index in [9.17, 15) is 14.4 Å². The zero-order chi connectivity index (χ0) is 21.8. The predicted molar refractivity (Wildman–Crippen MR) is 118 cm³/mol. The molecular formula is C27H24O4. The molecule has 3 atom stereocenters. The van der Waals surface area contributed by atoms with Gasteiger partial charge in [-0.05, 0) is 23.3 Å². The van der Waals surface area contributed by atoms with E-state index in [0.29, 0.717) is 24.0 Å². The summed E-state index contributed by atoms with van der Waals surface area (Å²) < 4.78 is 4.78. The highest BCUT2D eigenvalue weighted by atomic mass is 16.5. The first-order valence-electron chi connectivity index (χ1n) is 10.4. The maximum absolute atomic E-state index is 13.7. The number of methoxy groups -OCH3 is 1. The van der Waals surface area contributed by atoms with Crippen LogP contribution in [0.1, 0.15) is 56.5 Å². The van der Waals surface area contributed by atoms with E-state index >= 15 is 0 Å². The summed E-state index contributed by atoms with van der Waals surface area (Å²) in [6.45, 7) is 0. The number of hydrogen-bond acceptors (Lipinski definition) is 4. The average Bonchev–Trinajstić information content (AvgIpc) is 2.83. The summed E-state index contributed by atoms with van der Waals surface area (Å²) in [5.74, 6) is -1.04. The molecule has 4 heteroatoms. The van der Waals surface area contributed by atoms with Gasteiger partial charge in [0.1, 0.15) is 5.78 Å². The van der Waals surface area contributed by atoms with E-state index in [-0.39, 0.29) is 29.3 Å². The Labute approximate surface area is 181 Å². The summed E-state index contributed by atoms with van der Waals surface area (Å²) in [6.07, 6.45) is 0.661. The number of hydrogen-bond donors (Lipinski definition) is 0. The van der Waals surface area contributed by atoms with Crippen molar-refractivity contribution in [1.82, 2.24) is 0 Å². The lowest BCUT2D eigenvalue weighted by Gasteiger charge is -2.37. The molecule has 4 nitrogen and oxygen atoms in total. The van der Waals surface area contributed by atoms with Gasteiger partial charge in [0.2, 0.25) is 0 Å². The summed E-state index contributed by atoms with van der Waals surface area (Å²) in [4.78, 5) is 38.3. The van der Waals surface area contributed by atoms with Gasteiger partial charge in [-0.1, -0.05) is 72.8 Å². The second-order valence-electron chi connectivity index (χ2n) is 7.94. The standard InChI is InChI=1S/C27H24O4/c1-31-27(30)21-14-12-19(13-15-21)24-17-22(28)16-23(18-8-4-2-5-9-18)25(24)26(29)20-10-6-3-7-11-20/h2-15,23-25H,16-17H2,1H3. The lowest BCUT2D eigenvalue weighted by molar-refractivity contribution is -0.121. The molecule has 0 aliphatic heterocycles. The van der Waals surface area contributed by atoms with Crippen molar-refractivity contribution in [2.24, 2.45) is 5.92 Å². The van der Waals surface area contributed by atoms with E-state index in [1.54, 1.807) is 12.1 Å². The summed E-state index contributed by atoms with van der Waals surface area (Å²) in [5, 5.41) is 0. The smallest absolute Gasteiger partial charge is 0.337 e. The van der Waals surface area contributed by atoms with Crippen LogP contribution in [0.4, 0.5) is 0 Å². The van der Waals surface area contributed by atoms with Crippen molar-refractivity contribution in [3.8, 4) is 0 Å². The first kappa shape index (κ1) is 20.7. The molecule has 0 heterocycles. The third-order valence-corrected chi connectivity index (χ3v) is 6.11. The van der Waals surface area contributed by atoms with E-state index < -0.39 is 5.97 Å². The predicted octanol–water partition coefficient (Wildman–Crippen LogP) is 5.20. The van der Waals surface area contributed by atoms with Gasteiger partial charge in [0.15, 0.2) is 5.78 Å². The molecule has 1 aliphatic carbocycles. The molecule has 0 saturated heterocycles. The van der Waals surface area contributed by atoms with Gasteiger partial charge in [0.25, 0.3) is 0 Å². The normalized spacial score (nSPS) is 20.8. The van der Waals surface area contributed by atoms with Gasteiger partial charge in [-0.25, -0.2) is 4.79 Å². The number of ether oxygens (including phenoxy) is 1. The van der Waals surface area contributed by atoms with Crippen LogP contribution in [0.25, 0.3) is 0 Å². The molecule has 1 saturated carbocycles. The molecule has 0 spiro atoms. The second-order valence-corrected chi connectivity index (χ2v) is 7.94. The Morgan fingerprint density at radius 1 is 0.710 bits per heavy atom. The van der Waals surface area contributed by atoms with E-state index in [0.717, 1.165) is 11.1 Å². The van der Waals surface area contributed by atoms with Gasteiger partial charge in [-0.2, -0.15) is 0 Å². The van der Waals surface area contributed by atoms with Gasteiger partial charge in [0.05, 0.1) is 12.7 Å². The maximum atomic E-state index is 13.7. The van der Waals surface area contributed by atoms with E-state index in [4.69, 9.17) is 4.74 Å². The molecule has 3 aromatic carbocycles. The number of rotatable bonds is 5. The van der Waals surface area contributed by atoms with Crippen molar-refractivity contribution < 1.29 is 19.1 Å². The number of Topliss-reactive ketones (excluding diaryl/α,β-unsaturated/α-hetero) is 2. The minimum absolute atomic E-state index is 0.0454. The largest absolute Gasteiger partial charge is 0.465 e. The summed E-state index contributed by atoms with van der Waals surface area (Å²) in [5.41, 5.74) is 2.98. The van der Waals surface area contributed by atoms with Crippen molar-refractivity contribution in [3.63, 3.8) is 0 Å². The van der Waals surface area contributed by atoms with Crippen LogP contribution in [0.15, 0.2) is 84.9 Å². The molecule has 4 rings (SSSR count). The second kappa shape index (κ2) is 9.09. The van der Waals surface area contributed by atoms with Crippen LogP contribution in [-0.2, 0) is 9.53 Å². The molecule has 1 aliphatic rings. The first-order chi connectivity index (χ1) is 15.1. The molecule has 0 bridgehead atoms. The maximum Gasteiger partial charge on any atom is 0.337 e. The molecule has 3 unspecified atom stereocenters. The molecule has 0 N–H and O–H groups in total. The SMILES string of the molecule is COC(=O)c1ccc(C2CC(=O)CC(c3ccccc3)C2C(=O)c2ccccc2)cc1. The Kier molecular flexibility index (Phi) is 6.08. The van der Waals surface area contributed by atoms with Crippen molar-refractivity contribution in [1.29, 1.82) is 0 Å². The number of carbonyl (C=O) groups excluding carboxylic acids is 3. The number of carbonyl (C=O) groups is 3. The van der Waals surface area contributed by atoms with Gasteiger partial charge in [-0.15, -0.1) is 0 Å². The molecule has 0 aromatic heterocycles. The van der Waals surface area contributed by atoms with Gasteiger partial charge in [-0.3, -0.25) is 9.59 Å². The van der Waals surface area contributed by atoms with Crippen molar-refractivity contribution in [2.45, 2.75) is 24.7 Å². The average molecular weight is 412 g/mol. The third kappa shape index (κ3) is 4.33. The van der Waals surface area contributed by atoms with Gasteiger partial charge in [0, 0.05) is 36.2 Å². The first-order valence-corrected chi connectivity index (χ1v) is 10.4. The summed E-state index contributed by atoms with van der Waals surface area (Å²) in [7, 11) is 1.34. The molecule has 31 heavy (non-hydrogen) atoms. The zero-order valence-electron chi connectivity index (χ0n) is 17.4.